The van der Waals surface area contributed by atoms with Gasteiger partial charge >= 0.3 is 6.03 Å². The Bertz CT molecular complexity index is 1180. The van der Waals surface area contributed by atoms with Crippen LogP contribution in [0.2, 0.25) is 0 Å². The fourth-order valence-corrected chi connectivity index (χ4v) is 4.18. The first-order chi connectivity index (χ1) is 15.4. The Labute approximate surface area is 194 Å². The van der Waals surface area contributed by atoms with E-state index in [0.717, 1.165) is 20.5 Å². The third-order valence-electron chi connectivity index (χ3n) is 5.51. The van der Waals surface area contributed by atoms with Crippen LogP contribution in [0.5, 0.6) is 0 Å². The zero-order chi connectivity index (χ0) is 22.7. The first-order valence-corrected chi connectivity index (χ1v) is 11.0. The molecule has 3 aromatic carbocycles. The zero-order valence-electron chi connectivity index (χ0n) is 17.5. The predicted molar refractivity (Wildman–Crippen MR) is 126 cm³/mol. The molecule has 1 saturated heterocycles. The molecule has 32 heavy (non-hydrogen) atoms. The molecule has 3 aromatic rings. The number of rotatable bonds is 6. The lowest BCUT2D eigenvalue weighted by Gasteiger charge is -2.22. The summed E-state index contributed by atoms with van der Waals surface area (Å²) in [6, 6.07) is 24.0. The van der Waals surface area contributed by atoms with Crippen LogP contribution in [-0.2, 0) is 21.5 Å². The van der Waals surface area contributed by atoms with Gasteiger partial charge in [-0.05, 0) is 48.2 Å². The number of nitrogens with one attached hydrogen (secondary N) is 2. The summed E-state index contributed by atoms with van der Waals surface area (Å²) in [5.41, 5.74) is 2.13. The third kappa shape index (κ3) is 4.43. The van der Waals surface area contributed by atoms with Crippen molar-refractivity contribution in [3.8, 4) is 0 Å². The topological polar surface area (TPSA) is 78.5 Å². The van der Waals surface area contributed by atoms with Crippen LogP contribution in [0.1, 0.15) is 23.6 Å². The summed E-state index contributed by atoms with van der Waals surface area (Å²) in [5, 5.41) is 5.58. The maximum Gasteiger partial charge on any atom is 0.325 e. The largest absolute Gasteiger partial charge is 0.325 e. The summed E-state index contributed by atoms with van der Waals surface area (Å²) in [6.07, 6.45) is 0.654. The van der Waals surface area contributed by atoms with E-state index in [-0.39, 0.29) is 6.54 Å². The van der Waals surface area contributed by atoms with E-state index in [1.54, 1.807) is 25.1 Å². The van der Waals surface area contributed by atoms with Crippen molar-refractivity contribution in [2.45, 2.75) is 18.9 Å². The van der Waals surface area contributed by atoms with Crippen LogP contribution in [0.4, 0.5) is 10.5 Å². The summed E-state index contributed by atoms with van der Waals surface area (Å²) in [7, 11) is 0. The normalized spacial score (nSPS) is 17.9. The molecule has 1 atom stereocenters. The van der Waals surface area contributed by atoms with Gasteiger partial charge in [0.1, 0.15) is 12.1 Å². The highest BCUT2D eigenvalue weighted by Crippen LogP contribution is 2.30. The molecule has 0 aliphatic carbocycles. The lowest BCUT2D eigenvalue weighted by molar-refractivity contribution is -0.133. The number of hydrogen-bond acceptors (Lipinski definition) is 3. The Morgan fingerprint density at radius 3 is 2.47 bits per heavy atom. The van der Waals surface area contributed by atoms with Gasteiger partial charge < -0.3 is 10.6 Å². The predicted octanol–water partition coefficient (Wildman–Crippen LogP) is 4.45. The lowest BCUT2D eigenvalue weighted by atomic mass is 9.92. The highest BCUT2D eigenvalue weighted by atomic mass is 79.9. The summed E-state index contributed by atoms with van der Waals surface area (Å²) in [5.74, 6) is -0.902. The smallest absolute Gasteiger partial charge is 0.324 e. The number of nitrogens with zero attached hydrogens (tertiary/aromatic N) is 1. The van der Waals surface area contributed by atoms with Crippen molar-refractivity contribution in [2.24, 2.45) is 0 Å². The third-order valence-corrected chi connectivity index (χ3v) is 6.00. The van der Waals surface area contributed by atoms with Crippen LogP contribution >= 0.6 is 15.9 Å². The Morgan fingerprint density at radius 1 is 1.00 bits per heavy atom. The number of benzene rings is 3. The molecule has 162 valence electrons. The van der Waals surface area contributed by atoms with Crippen molar-refractivity contribution < 1.29 is 14.4 Å². The number of urea groups is 1. The fraction of sp³-hybridized carbons (Fsp3) is 0.160. The highest BCUT2D eigenvalue weighted by Gasteiger charge is 2.49. The van der Waals surface area contributed by atoms with Gasteiger partial charge in [-0.2, -0.15) is 0 Å². The number of carbonyl (C=O) groups excluding carboxylic acids is 3. The van der Waals surface area contributed by atoms with E-state index in [1.165, 1.54) is 0 Å². The maximum absolute atomic E-state index is 13.1. The highest BCUT2D eigenvalue weighted by molar-refractivity contribution is 9.10. The number of carbonyl (C=O) groups is 3. The molecule has 2 N–H and O–H groups in total. The van der Waals surface area contributed by atoms with Crippen LogP contribution in [-0.4, -0.2) is 29.3 Å². The molecule has 1 fully saturated rings. The second-order valence-corrected chi connectivity index (χ2v) is 8.74. The maximum atomic E-state index is 13.1. The number of imide groups is 1. The first kappa shape index (κ1) is 21.8. The Morgan fingerprint density at radius 2 is 1.72 bits per heavy atom. The van der Waals surface area contributed by atoms with Gasteiger partial charge in [-0.25, -0.2) is 4.79 Å². The van der Waals surface area contributed by atoms with Crippen LogP contribution in [0.15, 0.2) is 83.3 Å². The van der Waals surface area contributed by atoms with Gasteiger partial charge in [-0.1, -0.05) is 76.6 Å². The quantitative estimate of drug-likeness (QED) is 0.500. The molecule has 4 rings (SSSR count). The van der Waals surface area contributed by atoms with Gasteiger partial charge in [0.15, 0.2) is 0 Å². The number of para-hydroxylation sites is 1. The monoisotopic (exact) mass is 491 g/mol. The minimum Gasteiger partial charge on any atom is -0.324 e. The number of anilines is 1. The van der Waals surface area contributed by atoms with E-state index < -0.39 is 23.4 Å². The number of amides is 4. The van der Waals surface area contributed by atoms with E-state index in [9.17, 15) is 14.4 Å². The van der Waals surface area contributed by atoms with Gasteiger partial charge in [0.25, 0.3) is 5.91 Å². The van der Waals surface area contributed by atoms with E-state index >= 15 is 0 Å². The lowest BCUT2D eigenvalue weighted by Crippen LogP contribution is -2.42. The summed E-state index contributed by atoms with van der Waals surface area (Å²) < 4.78 is 0.796. The molecule has 0 radical (unpaired) electrons. The molecular formula is C25H22BrN3O3. The molecule has 0 aromatic heterocycles. The SMILES string of the molecule is CC1(c2cccc(Br)c2)NC(=O)N(CC(=O)Nc2ccccc2Cc2ccccc2)C1=O. The average Bonchev–Trinajstić information content (AvgIpc) is 3.00. The second kappa shape index (κ2) is 8.96. The van der Waals surface area contributed by atoms with Gasteiger partial charge in [0, 0.05) is 10.2 Å². The Balaban J connectivity index is 1.48. The molecule has 1 aliphatic heterocycles. The Hall–Kier alpha value is -3.45. The molecule has 4 amide bonds. The molecular weight excluding hydrogens is 470 g/mol. The van der Waals surface area contributed by atoms with Crippen molar-refractivity contribution in [1.82, 2.24) is 10.2 Å². The fourth-order valence-electron chi connectivity index (χ4n) is 3.78. The van der Waals surface area contributed by atoms with Crippen LogP contribution in [0.25, 0.3) is 0 Å². The second-order valence-electron chi connectivity index (χ2n) is 7.82. The minimum absolute atomic E-state index is 0.367. The van der Waals surface area contributed by atoms with Gasteiger partial charge in [0.2, 0.25) is 5.91 Å². The zero-order valence-corrected chi connectivity index (χ0v) is 19.1. The van der Waals surface area contributed by atoms with Crippen molar-refractivity contribution in [2.75, 3.05) is 11.9 Å². The standard InChI is InChI=1S/C25H22BrN3O3/c1-25(19-11-7-12-20(26)15-19)23(31)29(24(32)28-25)16-22(30)27-21-13-6-5-10-18(21)14-17-8-3-2-4-9-17/h2-13,15H,14,16H2,1H3,(H,27,30)(H,28,32). The minimum atomic E-state index is -1.23. The molecule has 0 spiro atoms. The van der Waals surface area contributed by atoms with E-state index in [4.69, 9.17) is 0 Å². The van der Waals surface area contributed by atoms with Crippen molar-refractivity contribution in [3.63, 3.8) is 0 Å². The molecule has 0 saturated carbocycles. The summed E-state index contributed by atoms with van der Waals surface area (Å²) in [6.45, 7) is 1.27. The Kier molecular flexibility index (Phi) is 6.10. The molecule has 1 heterocycles. The van der Waals surface area contributed by atoms with Gasteiger partial charge in [0.05, 0.1) is 0 Å². The molecule has 6 nitrogen and oxygen atoms in total. The molecule has 7 heteroatoms. The van der Waals surface area contributed by atoms with E-state index in [2.05, 4.69) is 26.6 Å². The van der Waals surface area contributed by atoms with Crippen molar-refractivity contribution in [1.29, 1.82) is 0 Å². The van der Waals surface area contributed by atoms with E-state index in [1.807, 2.05) is 60.7 Å². The molecule has 1 unspecified atom stereocenters. The summed E-state index contributed by atoms with van der Waals surface area (Å²) >= 11 is 3.39. The van der Waals surface area contributed by atoms with Gasteiger partial charge in [-0.3, -0.25) is 14.5 Å². The van der Waals surface area contributed by atoms with Crippen LogP contribution < -0.4 is 10.6 Å². The average molecular weight is 492 g/mol. The van der Waals surface area contributed by atoms with Crippen molar-refractivity contribution in [3.05, 3.63) is 100 Å². The van der Waals surface area contributed by atoms with E-state index in [0.29, 0.717) is 17.7 Å². The van der Waals surface area contributed by atoms with Gasteiger partial charge in [-0.15, -0.1) is 0 Å². The number of halogens is 1. The summed E-state index contributed by atoms with van der Waals surface area (Å²) in [4.78, 5) is 39.4. The first-order valence-electron chi connectivity index (χ1n) is 10.2. The van der Waals surface area contributed by atoms with Crippen LogP contribution in [0.3, 0.4) is 0 Å². The van der Waals surface area contributed by atoms with Crippen molar-refractivity contribution >= 4 is 39.5 Å². The molecule has 1 aliphatic rings. The molecule has 0 bridgehead atoms. The van der Waals surface area contributed by atoms with Crippen LogP contribution in [0, 0.1) is 0 Å². The number of hydrogen-bond donors (Lipinski definition) is 2.